The van der Waals surface area contributed by atoms with E-state index in [0.29, 0.717) is 16.9 Å². The number of H-pyrrole nitrogens is 1. The summed E-state index contributed by atoms with van der Waals surface area (Å²) in [5, 5.41) is 17.8. The molecule has 0 fully saturated rings. The Morgan fingerprint density at radius 1 is 1.50 bits per heavy atom. The predicted octanol–water partition coefficient (Wildman–Crippen LogP) is 2.10. The number of carbonyl (C=O) groups excluding carboxylic acids is 1. The van der Waals surface area contributed by atoms with Crippen LogP contribution in [0, 0.1) is 11.3 Å². The van der Waals surface area contributed by atoms with Gasteiger partial charge in [-0.3, -0.25) is 9.89 Å². The molecular weight excluding hydrogens is 228 g/mol. The highest BCUT2D eigenvalue weighted by atomic mass is 16.1. The van der Waals surface area contributed by atoms with Crippen LogP contribution in [0.2, 0.25) is 0 Å². The molecule has 2 aromatic rings. The zero-order chi connectivity index (χ0) is 13.0. The van der Waals surface area contributed by atoms with Gasteiger partial charge < -0.3 is 5.32 Å². The Kier molecular flexibility index (Phi) is 3.39. The summed E-state index contributed by atoms with van der Waals surface area (Å²) >= 11 is 0. The van der Waals surface area contributed by atoms with Crippen molar-refractivity contribution < 1.29 is 4.79 Å². The van der Waals surface area contributed by atoms with Gasteiger partial charge in [-0.15, -0.1) is 0 Å². The molecule has 0 radical (unpaired) electrons. The van der Waals surface area contributed by atoms with E-state index in [0.717, 1.165) is 12.0 Å². The normalized spacial score (nSPS) is 9.78. The number of aromatic nitrogens is 2. The van der Waals surface area contributed by atoms with Crippen molar-refractivity contribution >= 4 is 11.7 Å². The van der Waals surface area contributed by atoms with Crippen molar-refractivity contribution in [1.29, 1.82) is 5.26 Å². The highest BCUT2D eigenvalue weighted by Crippen LogP contribution is 2.14. The summed E-state index contributed by atoms with van der Waals surface area (Å²) in [6.07, 6.45) is 2.15. The van der Waals surface area contributed by atoms with Crippen molar-refractivity contribution in [2.45, 2.75) is 13.3 Å². The molecule has 2 N–H and O–H groups in total. The average Bonchev–Trinajstić information content (AvgIpc) is 2.85. The third kappa shape index (κ3) is 2.23. The van der Waals surface area contributed by atoms with E-state index in [1.165, 1.54) is 6.20 Å². The summed E-state index contributed by atoms with van der Waals surface area (Å²) in [5.41, 5.74) is 1.89. The lowest BCUT2D eigenvalue weighted by atomic mass is 10.0. The highest BCUT2D eigenvalue weighted by Gasteiger charge is 2.12. The molecule has 0 bridgehead atoms. The maximum atomic E-state index is 12.1. The van der Waals surface area contributed by atoms with Gasteiger partial charge in [-0.05, 0) is 18.1 Å². The molecule has 5 heteroatoms. The fourth-order valence-corrected chi connectivity index (χ4v) is 1.70. The van der Waals surface area contributed by atoms with Crippen molar-refractivity contribution in [3.63, 3.8) is 0 Å². The molecule has 1 aromatic heterocycles. The topological polar surface area (TPSA) is 81.6 Å². The first-order valence-corrected chi connectivity index (χ1v) is 5.59. The summed E-state index contributed by atoms with van der Waals surface area (Å²) in [5.74, 6) is 0.0848. The first-order valence-electron chi connectivity index (χ1n) is 5.59. The number of aromatic amines is 1. The quantitative estimate of drug-likeness (QED) is 0.861. The summed E-state index contributed by atoms with van der Waals surface area (Å²) < 4.78 is 0. The van der Waals surface area contributed by atoms with E-state index in [1.807, 2.05) is 31.2 Å². The third-order valence-electron chi connectivity index (χ3n) is 2.64. The molecule has 0 aliphatic heterocycles. The smallest absolute Gasteiger partial charge is 0.257 e. The maximum Gasteiger partial charge on any atom is 0.257 e. The van der Waals surface area contributed by atoms with E-state index in [-0.39, 0.29) is 5.91 Å². The number of nitriles is 1. The molecule has 0 aliphatic rings. The summed E-state index contributed by atoms with van der Waals surface area (Å²) in [6, 6.07) is 9.33. The van der Waals surface area contributed by atoms with Gasteiger partial charge in [0.25, 0.3) is 5.91 Å². The first-order chi connectivity index (χ1) is 8.76. The van der Waals surface area contributed by atoms with Crippen LogP contribution in [0.25, 0.3) is 0 Å². The molecule has 0 aliphatic carbocycles. The lowest BCUT2D eigenvalue weighted by molar-refractivity contribution is 0.102. The van der Waals surface area contributed by atoms with E-state index in [9.17, 15) is 4.79 Å². The number of amides is 1. The summed E-state index contributed by atoms with van der Waals surface area (Å²) in [6.45, 7) is 1.99. The molecule has 0 spiro atoms. The number of anilines is 1. The van der Waals surface area contributed by atoms with Gasteiger partial charge in [0.15, 0.2) is 0 Å². The lowest BCUT2D eigenvalue weighted by Crippen LogP contribution is -2.15. The number of benzene rings is 1. The number of hydrogen-bond donors (Lipinski definition) is 2. The second-order valence-corrected chi connectivity index (χ2v) is 3.74. The van der Waals surface area contributed by atoms with Crippen molar-refractivity contribution in [1.82, 2.24) is 10.2 Å². The monoisotopic (exact) mass is 240 g/mol. The Morgan fingerprint density at radius 2 is 2.28 bits per heavy atom. The molecule has 0 atom stereocenters. The number of aryl methyl sites for hydroxylation is 1. The van der Waals surface area contributed by atoms with E-state index in [2.05, 4.69) is 15.5 Å². The Morgan fingerprint density at radius 3 is 3.00 bits per heavy atom. The zero-order valence-electron chi connectivity index (χ0n) is 9.90. The first kappa shape index (κ1) is 11.9. The number of nitrogens with zero attached hydrogens (tertiary/aromatic N) is 2. The minimum absolute atomic E-state index is 0.242. The number of rotatable bonds is 3. The van der Waals surface area contributed by atoms with Crippen molar-refractivity contribution in [2.24, 2.45) is 0 Å². The van der Waals surface area contributed by atoms with Gasteiger partial charge in [0.1, 0.15) is 17.5 Å². The predicted molar refractivity (Wildman–Crippen MR) is 67.1 cm³/mol. The largest absolute Gasteiger partial charge is 0.306 e. The molecule has 5 nitrogen and oxygen atoms in total. The maximum absolute atomic E-state index is 12.1. The molecule has 0 saturated heterocycles. The van der Waals surface area contributed by atoms with E-state index in [4.69, 9.17) is 5.26 Å². The molecule has 90 valence electrons. The summed E-state index contributed by atoms with van der Waals surface area (Å²) in [4.78, 5) is 12.1. The van der Waals surface area contributed by atoms with Crippen LogP contribution in [0.15, 0.2) is 30.5 Å². The number of carbonyl (C=O) groups is 1. The Hall–Kier alpha value is -2.61. The molecule has 1 amide bonds. The zero-order valence-corrected chi connectivity index (χ0v) is 9.90. The van der Waals surface area contributed by atoms with Gasteiger partial charge in [-0.25, -0.2) is 0 Å². The fraction of sp³-hybridized carbons (Fsp3) is 0.154. The minimum atomic E-state index is -0.242. The average molecular weight is 240 g/mol. The second-order valence-electron chi connectivity index (χ2n) is 3.74. The fourth-order valence-electron chi connectivity index (χ4n) is 1.70. The van der Waals surface area contributed by atoms with Crippen LogP contribution in [0.5, 0.6) is 0 Å². The van der Waals surface area contributed by atoms with Gasteiger partial charge in [-0.1, -0.05) is 25.1 Å². The molecule has 18 heavy (non-hydrogen) atoms. The lowest BCUT2D eigenvalue weighted by Gasteiger charge is -2.07. The van der Waals surface area contributed by atoms with E-state index < -0.39 is 0 Å². The van der Waals surface area contributed by atoms with Gasteiger partial charge in [0.2, 0.25) is 0 Å². The van der Waals surface area contributed by atoms with Gasteiger partial charge in [0, 0.05) is 5.56 Å². The molecule has 1 aromatic carbocycles. The van der Waals surface area contributed by atoms with Gasteiger partial charge in [-0.2, -0.15) is 10.4 Å². The van der Waals surface area contributed by atoms with E-state index >= 15 is 0 Å². The van der Waals surface area contributed by atoms with Crippen LogP contribution in [0.3, 0.4) is 0 Å². The van der Waals surface area contributed by atoms with E-state index in [1.54, 1.807) is 6.07 Å². The number of hydrogen-bond acceptors (Lipinski definition) is 3. The van der Waals surface area contributed by atoms with Crippen molar-refractivity contribution in [2.75, 3.05) is 5.32 Å². The molecule has 0 saturated carbocycles. The van der Waals surface area contributed by atoms with Crippen LogP contribution in [-0.4, -0.2) is 16.1 Å². The Labute approximate surface area is 104 Å². The molecule has 2 rings (SSSR count). The van der Waals surface area contributed by atoms with Crippen LogP contribution < -0.4 is 5.32 Å². The van der Waals surface area contributed by atoms with Gasteiger partial charge in [0.05, 0.1) is 6.20 Å². The standard InChI is InChI=1S/C13H12N4O/c1-2-9-5-3-4-6-11(9)13(18)16-12-10(7-14)8-15-17-12/h3-6,8H,2H2,1H3,(H2,15,16,17,18). The second kappa shape index (κ2) is 5.15. The highest BCUT2D eigenvalue weighted by molar-refractivity contribution is 6.05. The Balaban J connectivity index is 2.25. The minimum Gasteiger partial charge on any atom is -0.306 e. The summed E-state index contributed by atoms with van der Waals surface area (Å²) in [7, 11) is 0. The number of nitrogens with one attached hydrogen (secondary N) is 2. The van der Waals surface area contributed by atoms with Crippen LogP contribution in [0.4, 0.5) is 5.82 Å². The molecule has 1 heterocycles. The molecule has 0 unspecified atom stereocenters. The van der Waals surface area contributed by atoms with Crippen molar-refractivity contribution in [3.8, 4) is 6.07 Å². The van der Waals surface area contributed by atoms with Crippen LogP contribution in [0.1, 0.15) is 28.4 Å². The third-order valence-corrected chi connectivity index (χ3v) is 2.64. The SMILES string of the molecule is CCc1ccccc1C(=O)Nc1[nH]ncc1C#N. The Bertz CT molecular complexity index is 609. The van der Waals surface area contributed by atoms with Crippen LogP contribution >= 0.6 is 0 Å². The van der Waals surface area contributed by atoms with Gasteiger partial charge >= 0.3 is 0 Å². The van der Waals surface area contributed by atoms with Crippen molar-refractivity contribution in [3.05, 3.63) is 47.2 Å². The van der Waals surface area contributed by atoms with Crippen LogP contribution in [-0.2, 0) is 6.42 Å². The molecular formula is C13H12N4O.